The van der Waals surface area contributed by atoms with Gasteiger partial charge in [-0.15, -0.1) is 0 Å². The maximum Gasteiger partial charge on any atom is 0.260 e. The number of rotatable bonds is 2. The van der Waals surface area contributed by atoms with Crippen LogP contribution in [0, 0.1) is 5.82 Å². The fourth-order valence-corrected chi connectivity index (χ4v) is 3.21. The van der Waals surface area contributed by atoms with E-state index >= 15 is 0 Å². The number of nitrogens with zero attached hydrogens (tertiary/aromatic N) is 2. The number of hydrogen-bond donors (Lipinski definition) is 1. The Kier molecular flexibility index (Phi) is 3.61. The number of amides is 1. The van der Waals surface area contributed by atoms with Crippen LogP contribution in [0.2, 0.25) is 0 Å². The summed E-state index contributed by atoms with van der Waals surface area (Å²) in [5.74, 6) is -1.33. The average molecular weight is 278 g/mol. The molecule has 2 aliphatic rings. The number of carbonyl (C=O) groups excluding carboxylic acids is 1. The number of benzene rings is 1. The molecule has 3 rings (SSSR count). The molecule has 0 bridgehead atoms. The molecule has 0 aliphatic carbocycles. The van der Waals surface area contributed by atoms with Gasteiger partial charge in [-0.2, -0.15) is 0 Å². The highest BCUT2D eigenvalue weighted by Crippen LogP contribution is 2.26. The zero-order valence-electron chi connectivity index (χ0n) is 11.4. The summed E-state index contributed by atoms with van der Waals surface area (Å²) in [5.41, 5.74) is -0.199. The van der Waals surface area contributed by atoms with Crippen LogP contribution in [-0.4, -0.2) is 53.0 Å². The van der Waals surface area contributed by atoms with Gasteiger partial charge in [0.1, 0.15) is 17.1 Å². The fourth-order valence-electron chi connectivity index (χ4n) is 3.21. The van der Waals surface area contributed by atoms with E-state index in [1.54, 1.807) is 4.90 Å². The first-order chi connectivity index (χ1) is 9.66. The zero-order valence-corrected chi connectivity index (χ0v) is 11.4. The lowest BCUT2D eigenvalue weighted by molar-refractivity contribution is 0.0772. The SMILES string of the molecule is O=C(c1c(O)cccc1F)N1CCC(N2CCCC2)C1. The first-order valence-corrected chi connectivity index (χ1v) is 7.17. The monoisotopic (exact) mass is 278 g/mol. The Morgan fingerprint density at radius 2 is 2.00 bits per heavy atom. The third kappa shape index (κ3) is 2.38. The van der Waals surface area contributed by atoms with Gasteiger partial charge in [0.25, 0.3) is 5.91 Å². The van der Waals surface area contributed by atoms with Gasteiger partial charge >= 0.3 is 0 Å². The van der Waals surface area contributed by atoms with E-state index in [1.165, 1.54) is 31.0 Å². The molecule has 0 aromatic heterocycles. The number of carbonyl (C=O) groups is 1. The Labute approximate surface area is 117 Å². The molecular formula is C15H19FN2O2. The maximum atomic E-state index is 13.7. The molecule has 0 spiro atoms. The Morgan fingerprint density at radius 3 is 2.70 bits per heavy atom. The smallest absolute Gasteiger partial charge is 0.260 e. The lowest BCUT2D eigenvalue weighted by atomic mass is 10.1. The largest absolute Gasteiger partial charge is 0.507 e. The standard InChI is InChI=1S/C15H19FN2O2/c16-12-4-3-5-13(19)14(12)15(20)18-9-6-11(10-18)17-7-1-2-8-17/h3-5,11,19H,1-2,6-10H2. The molecule has 2 aliphatic heterocycles. The Morgan fingerprint density at radius 1 is 1.25 bits per heavy atom. The van der Waals surface area contributed by atoms with Gasteiger partial charge in [0.2, 0.25) is 0 Å². The fraction of sp³-hybridized carbons (Fsp3) is 0.533. The topological polar surface area (TPSA) is 43.8 Å². The predicted octanol–water partition coefficient (Wildman–Crippen LogP) is 1.84. The van der Waals surface area contributed by atoms with Crippen molar-refractivity contribution in [2.45, 2.75) is 25.3 Å². The number of likely N-dealkylation sites (tertiary alicyclic amines) is 2. The van der Waals surface area contributed by atoms with E-state index in [0.717, 1.165) is 19.5 Å². The van der Waals surface area contributed by atoms with Crippen LogP contribution in [0.3, 0.4) is 0 Å². The van der Waals surface area contributed by atoms with E-state index in [9.17, 15) is 14.3 Å². The van der Waals surface area contributed by atoms with Crippen LogP contribution in [-0.2, 0) is 0 Å². The molecule has 1 atom stereocenters. The van der Waals surface area contributed by atoms with Crippen LogP contribution in [0.1, 0.15) is 29.6 Å². The summed E-state index contributed by atoms with van der Waals surface area (Å²) < 4.78 is 13.7. The number of hydrogen-bond acceptors (Lipinski definition) is 3. The minimum Gasteiger partial charge on any atom is -0.507 e. The molecule has 1 amide bonds. The maximum absolute atomic E-state index is 13.7. The van der Waals surface area contributed by atoms with Gasteiger partial charge in [-0.25, -0.2) is 4.39 Å². The number of phenols is 1. The quantitative estimate of drug-likeness (QED) is 0.897. The average Bonchev–Trinajstić information content (AvgIpc) is 3.09. The van der Waals surface area contributed by atoms with Crippen molar-refractivity contribution in [3.05, 3.63) is 29.6 Å². The van der Waals surface area contributed by atoms with Crippen LogP contribution in [0.25, 0.3) is 0 Å². The van der Waals surface area contributed by atoms with Crippen LogP contribution in [0.4, 0.5) is 4.39 Å². The molecule has 1 aromatic rings. The van der Waals surface area contributed by atoms with Crippen LogP contribution < -0.4 is 0 Å². The summed E-state index contributed by atoms with van der Waals surface area (Å²) in [6.45, 7) is 3.45. The van der Waals surface area contributed by atoms with Crippen molar-refractivity contribution in [3.63, 3.8) is 0 Å². The molecule has 1 aromatic carbocycles. The van der Waals surface area contributed by atoms with Crippen molar-refractivity contribution in [1.82, 2.24) is 9.80 Å². The van der Waals surface area contributed by atoms with E-state index in [4.69, 9.17) is 0 Å². The van der Waals surface area contributed by atoms with Crippen molar-refractivity contribution in [2.24, 2.45) is 0 Å². The molecule has 108 valence electrons. The van der Waals surface area contributed by atoms with Gasteiger partial charge in [-0.3, -0.25) is 9.69 Å². The molecule has 2 fully saturated rings. The summed E-state index contributed by atoms with van der Waals surface area (Å²) in [7, 11) is 0. The van der Waals surface area contributed by atoms with Gasteiger partial charge in [-0.1, -0.05) is 6.07 Å². The number of aromatic hydroxyl groups is 1. The zero-order chi connectivity index (χ0) is 14.1. The summed E-state index contributed by atoms with van der Waals surface area (Å²) in [4.78, 5) is 16.4. The molecule has 0 saturated carbocycles. The predicted molar refractivity (Wildman–Crippen MR) is 73.2 cm³/mol. The van der Waals surface area contributed by atoms with Gasteiger partial charge in [0.05, 0.1) is 0 Å². The molecule has 2 heterocycles. The van der Waals surface area contributed by atoms with E-state index in [1.807, 2.05) is 0 Å². The molecular weight excluding hydrogens is 259 g/mol. The lowest BCUT2D eigenvalue weighted by Gasteiger charge is -2.23. The van der Waals surface area contributed by atoms with E-state index in [0.29, 0.717) is 19.1 Å². The summed E-state index contributed by atoms with van der Waals surface area (Å²) in [6.07, 6.45) is 3.37. The van der Waals surface area contributed by atoms with Gasteiger partial charge < -0.3 is 10.0 Å². The first kappa shape index (κ1) is 13.4. The second-order valence-corrected chi connectivity index (χ2v) is 5.57. The highest BCUT2D eigenvalue weighted by Gasteiger charge is 2.33. The Hall–Kier alpha value is -1.62. The van der Waals surface area contributed by atoms with Crippen LogP contribution in [0.15, 0.2) is 18.2 Å². The third-order valence-electron chi connectivity index (χ3n) is 4.31. The van der Waals surface area contributed by atoms with Crippen molar-refractivity contribution >= 4 is 5.91 Å². The third-order valence-corrected chi connectivity index (χ3v) is 4.31. The lowest BCUT2D eigenvalue weighted by Crippen LogP contribution is -2.37. The first-order valence-electron chi connectivity index (χ1n) is 7.17. The molecule has 1 unspecified atom stereocenters. The van der Waals surface area contributed by atoms with Gasteiger partial charge in [-0.05, 0) is 44.5 Å². The van der Waals surface area contributed by atoms with E-state index in [-0.39, 0.29) is 11.3 Å². The Balaban J connectivity index is 1.72. The minimum atomic E-state index is -0.653. The van der Waals surface area contributed by atoms with Crippen molar-refractivity contribution in [1.29, 1.82) is 0 Å². The highest BCUT2D eigenvalue weighted by molar-refractivity contribution is 5.97. The Bertz CT molecular complexity index is 494. The van der Waals surface area contributed by atoms with E-state index in [2.05, 4.69) is 4.90 Å². The van der Waals surface area contributed by atoms with Crippen molar-refractivity contribution in [3.8, 4) is 5.75 Å². The van der Waals surface area contributed by atoms with Crippen LogP contribution >= 0.6 is 0 Å². The molecule has 5 heteroatoms. The minimum absolute atomic E-state index is 0.199. The normalized spacial score (nSPS) is 23.4. The summed E-state index contributed by atoms with van der Waals surface area (Å²) in [5, 5.41) is 9.70. The number of phenolic OH excluding ortho intramolecular Hbond substituents is 1. The van der Waals surface area contributed by atoms with E-state index < -0.39 is 11.7 Å². The second kappa shape index (κ2) is 5.40. The van der Waals surface area contributed by atoms with Gasteiger partial charge in [0.15, 0.2) is 0 Å². The summed E-state index contributed by atoms with van der Waals surface area (Å²) in [6, 6.07) is 4.35. The molecule has 2 saturated heterocycles. The number of halogens is 1. The molecule has 20 heavy (non-hydrogen) atoms. The highest BCUT2D eigenvalue weighted by atomic mass is 19.1. The molecule has 1 N–H and O–H groups in total. The van der Waals surface area contributed by atoms with Crippen LogP contribution in [0.5, 0.6) is 5.75 Å². The van der Waals surface area contributed by atoms with Gasteiger partial charge in [0, 0.05) is 19.1 Å². The summed E-state index contributed by atoms with van der Waals surface area (Å²) >= 11 is 0. The van der Waals surface area contributed by atoms with Crippen molar-refractivity contribution < 1.29 is 14.3 Å². The second-order valence-electron chi connectivity index (χ2n) is 5.57. The van der Waals surface area contributed by atoms with Crippen molar-refractivity contribution in [2.75, 3.05) is 26.2 Å². The molecule has 0 radical (unpaired) electrons. The molecule has 4 nitrogen and oxygen atoms in total.